The maximum Gasteiger partial charge on any atom is 0.225 e. The predicted octanol–water partition coefficient (Wildman–Crippen LogP) is 1.98. The molecule has 0 radical (unpaired) electrons. The van der Waals surface area contributed by atoms with Crippen molar-refractivity contribution in [3.8, 4) is 12.3 Å². The first-order valence-electron chi connectivity index (χ1n) is 5.36. The predicted molar refractivity (Wildman–Crippen MR) is 62.7 cm³/mol. The number of nitrogens with one attached hydrogen (secondary N) is 1. The molecule has 1 heterocycles. The molecule has 0 bridgehead atoms. The molecular formula is C12H15N3O. The maximum atomic E-state index is 11.4. The summed E-state index contributed by atoms with van der Waals surface area (Å²) < 4.78 is 0. The standard InChI is InChI=1S/C12H15N3O/c1-3-5-6-7-12(16)13-11-9-8-10(4-2)14-15-11/h2,8-9H,3,5-7H2,1H3,(H,13,15,16). The molecule has 0 unspecified atom stereocenters. The molecule has 0 saturated carbocycles. The van der Waals surface area contributed by atoms with Crippen LogP contribution in [0.3, 0.4) is 0 Å². The summed E-state index contributed by atoms with van der Waals surface area (Å²) in [5.74, 6) is 2.78. The highest BCUT2D eigenvalue weighted by Crippen LogP contribution is 2.04. The van der Waals surface area contributed by atoms with Gasteiger partial charge in [-0.25, -0.2) is 0 Å². The minimum absolute atomic E-state index is 0.0313. The van der Waals surface area contributed by atoms with Crippen molar-refractivity contribution in [1.82, 2.24) is 10.2 Å². The zero-order valence-electron chi connectivity index (χ0n) is 9.36. The molecule has 1 aromatic rings. The van der Waals surface area contributed by atoms with Crippen molar-refractivity contribution in [2.45, 2.75) is 32.6 Å². The number of carbonyl (C=O) groups excluding carboxylic acids is 1. The Morgan fingerprint density at radius 2 is 2.25 bits per heavy atom. The first-order valence-corrected chi connectivity index (χ1v) is 5.36. The number of hydrogen-bond acceptors (Lipinski definition) is 3. The van der Waals surface area contributed by atoms with Crippen molar-refractivity contribution in [1.29, 1.82) is 0 Å². The lowest BCUT2D eigenvalue weighted by atomic mass is 10.2. The van der Waals surface area contributed by atoms with Crippen LogP contribution in [0.1, 0.15) is 38.3 Å². The molecule has 0 atom stereocenters. The Kier molecular flexibility index (Phi) is 5.00. The van der Waals surface area contributed by atoms with Gasteiger partial charge in [-0.05, 0) is 24.5 Å². The third-order valence-corrected chi connectivity index (χ3v) is 2.09. The zero-order valence-corrected chi connectivity index (χ0v) is 9.36. The van der Waals surface area contributed by atoms with E-state index in [1.165, 1.54) is 0 Å². The Morgan fingerprint density at radius 3 is 2.81 bits per heavy atom. The first-order chi connectivity index (χ1) is 7.76. The summed E-state index contributed by atoms with van der Waals surface area (Å²) >= 11 is 0. The van der Waals surface area contributed by atoms with Crippen molar-refractivity contribution < 1.29 is 4.79 Å². The highest BCUT2D eigenvalue weighted by Gasteiger charge is 2.02. The van der Waals surface area contributed by atoms with Crippen LogP contribution in [0.4, 0.5) is 5.82 Å². The van der Waals surface area contributed by atoms with Crippen LogP contribution in [0, 0.1) is 12.3 Å². The van der Waals surface area contributed by atoms with Gasteiger partial charge in [0.25, 0.3) is 0 Å². The molecule has 0 aliphatic carbocycles. The Labute approximate surface area is 95.5 Å². The van der Waals surface area contributed by atoms with Crippen LogP contribution in [0.2, 0.25) is 0 Å². The van der Waals surface area contributed by atoms with Crippen molar-refractivity contribution in [2.24, 2.45) is 0 Å². The van der Waals surface area contributed by atoms with E-state index in [0.29, 0.717) is 17.9 Å². The average Bonchev–Trinajstić information content (AvgIpc) is 2.30. The lowest BCUT2D eigenvalue weighted by Crippen LogP contribution is -2.12. The van der Waals surface area contributed by atoms with E-state index >= 15 is 0 Å². The van der Waals surface area contributed by atoms with Crippen molar-refractivity contribution >= 4 is 11.7 Å². The third kappa shape index (κ3) is 4.09. The number of hydrogen-bond donors (Lipinski definition) is 1. The Hall–Kier alpha value is -1.89. The fourth-order valence-electron chi connectivity index (χ4n) is 1.22. The lowest BCUT2D eigenvalue weighted by molar-refractivity contribution is -0.116. The number of nitrogens with zero attached hydrogens (tertiary/aromatic N) is 2. The van der Waals surface area contributed by atoms with Crippen LogP contribution in [0.15, 0.2) is 12.1 Å². The monoisotopic (exact) mass is 217 g/mol. The lowest BCUT2D eigenvalue weighted by Gasteiger charge is -2.02. The minimum atomic E-state index is -0.0313. The van der Waals surface area contributed by atoms with E-state index in [4.69, 9.17) is 6.42 Å². The van der Waals surface area contributed by atoms with E-state index in [1.54, 1.807) is 12.1 Å². The normalized spacial score (nSPS) is 9.50. The van der Waals surface area contributed by atoms with E-state index in [9.17, 15) is 4.79 Å². The minimum Gasteiger partial charge on any atom is -0.309 e. The molecule has 4 nitrogen and oxygen atoms in total. The largest absolute Gasteiger partial charge is 0.309 e. The van der Waals surface area contributed by atoms with Crippen molar-refractivity contribution in [3.63, 3.8) is 0 Å². The highest BCUT2D eigenvalue weighted by molar-refractivity contribution is 5.89. The van der Waals surface area contributed by atoms with E-state index in [-0.39, 0.29) is 5.91 Å². The Balaban J connectivity index is 2.41. The fraction of sp³-hybridized carbons (Fsp3) is 0.417. The molecule has 1 rings (SSSR count). The fourth-order valence-corrected chi connectivity index (χ4v) is 1.22. The van der Waals surface area contributed by atoms with Gasteiger partial charge in [-0.3, -0.25) is 4.79 Å². The summed E-state index contributed by atoms with van der Waals surface area (Å²) in [7, 11) is 0. The van der Waals surface area contributed by atoms with Crippen LogP contribution in [0.25, 0.3) is 0 Å². The number of anilines is 1. The Bertz CT molecular complexity index is 378. The van der Waals surface area contributed by atoms with Gasteiger partial charge in [0.2, 0.25) is 5.91 Å². The molecule has 16 heavy (non-hydrogen) atoms. The van der Waals surface area contributed by atoms with Crippen LogP contribution < -0.4 is 5.32 Å². The van der Waals surface area contributed by atoms with Crippen LogP contribution in [0.5, 0.6) is 0 Å². The molecule has 0 aliphatic rings. The van der Waals surface area contributed by atoms with E-state index < -0.39 is 0 Å². The van der Waals surface area contributed by atoms with Crippen molar-refractivity contribution in [3.05, 3.63) is 17.8 Å². The Morgan fingerprint density at radius 1 is 1.44 bits per heavy atom. The third-order valence-electron chi connectivity index (χ3n) is 2.09. The summed E-state index contributed by atoms with van der Waals surface area (Å²) in [4.78, 5) is 11.4. The first kappa shape index (κ1) is 12.2. The average molecular weight is 217 g/mol. The SMILES string of the molecule is C#Cc1ccc(NC(=O)CCCCC)nn1. The summed E-state index contributed by atoms with van der Waals surface area (Å²) in [5.41, 5.74) is 0.462. The highest BCUT2D eigenvalue weighted by atomic mass is 16.1. The van der Waals surface area contributed by atoms with Crippen molar-refractivity contribution in [2.75, 3.05) is 5.32 Å². The molecule has 0 aliphatic heterocycles. The molecule has 0 aromatic carbocycles. The molecule has 1 N–H and O–H groups in total. The topological polar surface area (TPSA) is 54.9 Å². The number of aromatic nitrogens is 2. The van der Waals surface area contributed by atoms with Crippen LogP contribution in [-0.4, -0.2) is 16.1 Å². The van der Waals surface area contributed by atoms with Gasteiger partial charge in [-0.15, -0.1) is 16.6 Å². The molecule has 0 saturated heterocycles. The molecule has 84 valence electrons. The molecule has 1 amide bonds. The summed E-state index contributed by atoms with van der Waals surface area (Å²) in [5, 5.41) is 10.2. The quantitative estimate of drug-likeness (QED) is 0.606. The summed E-state index contributed by atoms with van der Waals surface area (Å²) in [6.45, 7) is 2.10. The number of rotatable bonds is 5. The summed E-state index contributed by atoms with van der Waals surface area (Å²) in [6.07, 6.45) is 8.73. The second-order valence-electron chi connectivity index (χ2n) is 3.45. The second kappa shape index (κ2) is 6.57. The van der Waals surface area contributed by atoms with Crippen LogP contribution in [-0.2, 0) is 4.79 Å². The number of carbonyl (C=O) groups is 1. The molecule has 1 aromatic heterocycles. The van der Waals surface area contributed by atoms with Gasteiger partial charge < -0.3 is 5.32 Å². The second-order valence-corrected chi connectivity index (χ2v) is 3.45. The van der Waals surface area contributed by atoms with E-state index in [0.717, 1.165) is 19.3 Å². The smallest absolute Gasteiger partial charge is 0.225 e. The van der Waals surface area contributed by atoms with Crippen LogP contribution >= 0.6 is 0 Å². The van der Waals surface area contributed by atoms with Gasteiger partial charge in [0.05, 0.1) is 0 Å². The molecular weight excluding hydrogens is 202 g/mol. The number of terminal acetylenes is 1. The maximum absolute atomic E-state index is 11.4. The number of unbranched alkanes of at least 4 members (excludes halogenated alkanes) is 2. The molecule has 0 fully saturated rings. The molecule has 0 spiro atoms. The van der Waals surface area contributed by atoms with Gasteiger partial charge in [-0.2, -0.15) is 0 Å². The van der Waals surface area contributed by atoms with Gasteiger partial charge in [0.15, 0.2) is 5.82 Å². The van der Waals surface area contributed by atoms with Gasteiger partial charge in [-0.1, -0.05) is 19.8 Å². The summed E-state index contributed by atoms with van der Waals surface area (Å²) in [6, 6.07) is 3.30. The zero-order chi connectivity index (χ0) is 11.8. The van der Waals surface area contributed by atoms with Gasteiger partial charge in [0.1, 0.15) is 5.69 Å². The van der Waals surface area contributed by atoms with E-state index in [1.807, 2.05) is 0 Å². The van der Waals surface area contributed by atoms with Gasteiger partial charge >= 0.3 is 0 Å². The molecule has 4 heteroatoms. The van der Waals surface area contributed by atoms with Gasteiger partial charge in [0, 0.05) is 6.42 Å². The number of amides is 1. The van der Waals surface area contributed by atoms with E-state index in [2.05, 4.69) is 28.4 Å².